The molecule has 0 saturated carbocycles. The van der Waals surface area contributed by atoms with Gasteiger partial charge in [0.2, 0.25) is 0 Å². The number of aromatic nitrogens is 1. The Morgan fingerprint density at radius 2 is 2.06 bits per heavy atom. The second-order valence-corrected chi connectivity index (χ2v) is 4.71. The number of para-hydroxylation sites is 1. The summed E-state index contributed by atoms with van der Waals surface area (Å²) in [4.78, 5) is 14.5. The van der Waals surface area contributed by atoms with Crippen molar-refractivity contribution in [2.75, 3.05) is 0 Å². The summed E-state index contributed by atoms with van der Waals surface area (Å²) in [6.45, 7) is 1.88. The van der Waals surface area contributed by atoms with Crippen LogP contribution in [0.4, 0.5) is 0 Å². The number of benzene rings is 1. The van der Waals surface area contributed by atoms with Crippen LogP contribution < -0.4 is 10.9 Å². The van der Waals surface area contributed by atoms with Crippen molar-refractivity contribution < 1.29 is 9.90 Å². The molecular weight excluding hydrogens is 230 g/mol. The molecular formula is C13H15N3O2. The van der Waals surface area contributed by atoms with E-state index in [1.165, 1.54) is 0 Å². The molecule has 2 heterocycles. The predicted molar refractivity (Wildman–Crippen MR) is 67.9 cm³/mol. The normalized spacial score (nSPS) is 27.7. The van der Waals surface area contributed by atoms with Crippen LogP contribution in [0.15, 0.2) is 30.5 Å². The van der Waals surface area contributed by atoms with Crippen molar-refractivity contribution >= 4 is 16.9 Å². The minimum absolute atomic E-state index is 0.0961. The average Bonchev–Trinajstić information content (AvgIpc) is 2.92. The maximum Gasteiger partial charge on any atom is 0.310 e. The first kappa shape index (κ1) is 11.3. The summed E-state index contributed by atoms with van der Waals surface area (Å²) >= 11 is 0. The summed E-state index contributed by atoms with van der Waals surface area (Å²) in [6.07, 6.45) is 1.89. The Hall–Kier alpha value is -1.85. The van der Waals surface area contributed by atoms with Crippen LogP contribution in [0.5, 0.6) is 0 Å². The molecule has 1 aliphatic rings. The van der Waals surface area contributed by atoms with Gasteiger partial charge in [0.15, 0.2) is 0 Å². The van der Waals surface area contributed by atoms with Crippen LogP contribution in [-0.2, 0) is 4.79 Å². The molecule has 18 heavy (non-hydrogen) atoms. The Labute approximate surface area is 104 Å². The molecule has 5 nitrogen and oxygen atoms in total. The van der Waals surface area contributed by atoms with Crippen LogP contribution >= 0.6 is 0 Å². The Morgan fingerprint density at radius 3 is 2.83 bits per heavy atom. The topological polar surface area (TPSA) is 77.1 Å². The first-order chi connectivity index (χ1) is 8.68. The van der Waals surface area contributed by atoms with Crippen LogP contribution in [0.25, 0.3) is 10.9 Å². The quantitative estimate of drug-likeness (QED) is 0.645. The number of carbonyl (C=O) groups is 1. The molecule has 1 saturated heterocycles. The van der Waals surface area contributed by atoms with E-state index in [9.17, 15) is 9.90 Å². The molecule has 3 atom stereocenters. The van der Waals surface area contributed by atoms with Gasteiger partial charge in [0.05, 0.1) is 12.0 Å². The standard InChI is InChI=1S/C13H15N3O2/c1-7-11(13(17)18)12(16-15-7)9-6-14-10-5-3-2-4-8(9)10/h2-7,11-12,14-16H,1H3,(H,17,18). The molecule has 0 aliphatic carbocycles. The van der Waals surface area contributed by atoms with Crippen LogP contribution in [0.3, 0.4) is 0 Å². The fraction of sp³-hybridized carbons (Fsp3) is 0.308. The maximum atomic E-state index is 11.4. The highest BCUT2D eigenvalue weighted by atomic mass is 16.4. The fourth-order valence-electron chi connectivity index (χ4n) is 2.67. The summed E-state index contributed by atoms with van der Waals surface area (Å²) in [7, 11) is 0. The zero-order valence-electron chi connectivity index (χ0n) is 9.97. The van der Waals surface area contributed by atoms with E-state index < -0.39 is 11.9 Å². The number of nitrogens with one attached hydrogen (secondary N) is 3. The molecule has 0 radical (unpaired) electrons. The molecule has 0 spiro atoms. The van der Waals surface area contributed by atoms with Gasteiger partial charge in [-0.25, -0.2) is 5.43 Å². The van der Waals surface area contributed by atoms with Gasteiger partial charge in [-0.3, -0.25) is 10.2 Å². The minimum Gasteiger partial charge on any atom is -0.481 e. The Morgan fingerprint density at radius 1 is 1.28 bits per heavy atom. The van der Waals surface area contributed by atoms with Gasteiger partial charge < -0.3 is 10.1 Å². The number of H-pyrrole nitrogens is 1. The number of fused-ring (bicyclic) bond motifs is 1. The summed E-state index contributed by atoms with van der Waals surface area (Å²) < 4.78 is 0. The third kappa shape index (κ3) is 1.60. The smallest absolute Gasteiger partial charge is 0.310 e. The monoisotopic (exact) mass is 245 g/mol. The molecule has 4 N–H and O–H groups in total. The SMILES string of the molecule is CC1NNC(c2c[nH]c3ccccc23)C1C(=O)O. The highest BCUT2D eigenvalue weighted by Crippen LogP contribution is 2.33. The van der Waals surface area contributed by atoms with E-state index in [4.69, 9.17) is 0 Å². The van der Waals surface area contributed by atoms with Gasteiger partial charge >= 0.3 is 5.97 Å². The molecule has 94 valence electrons. The molecule has 5 heteroatoms. The highest BCUT2D eigenvalue weighted by Gasteiger charge is 2.40. The third-order valence-corrected chi connectivity index (χ3v) is 3.61. The number of carboxylic acid groups (broad SMARTS) is 1. The summed E-state index contributed by atoms with van der Waals surface area (Å²) in [5, 5.41) is 10.4. The van der Waals surface area contributed by atoms with Gasteiger partial charge in [0, 0.05) is 23.1 Å². The van der Waals surface area contributed by atoms with E-state index >= 15 is 0 Å². The summed E-state index contributed by atoms with van der Waals surface area (Å²) in [5.74, 6) is -1.25. The van der Waals surface area contributed by atoms with Crippen molar-refractivity contribution in [1.29, 1.82) is 0 Å². The lowest BCUT2D eigenvalue weighted by molar-refractivity contribution is -0.142. The molecule has 1 aromatic carbocycles. The average molecular weight is 245 g/mol. The van der Waals surface area contributed by atoms with Gasteiger partial charge in [-0.2, -0.15) is 0 Å². The maximum absolute atomic E-state index is 11.4. The van der Waals surface area contributed by atoms with Crippen LogP contribution in [-0.4, -0.2) is 22.1 Å². The molecule has 2 aromatic rings. The van der Waals surface area contributed by atoms with E-state index in [0.717, 1.165) is 16.5 Å². The molecule has 3 unspecified atom stereocenters. The number of hydrogen-bond donors (Lipinski definition) is 4. The first-order valence-electron chi connectivity index (χ1n) is 5.98. The zero-order chi connectivity index (χ0) is 12.7. The number of aromatic amines is 1. The Kier molecular flexibility index (Phi) is 2.57. The van der Waals surface area contributed by atoms with E-state index in [1.54, 1.807) is 0 Å². The van der Waals surface area contributed by atoms with Crippen LogP contribution in [0.2, 0.25) is 0 Å². The van der Waals surface area contributed by atoms with Crippen molar-refractivity contribution in [1.82, 2.24) is 15.8 Å². The largest absolute Gasteiger partial charge is 0.481 e. The third-order valence-electron chi connectivity index (χ3n) is 3.61. The molecule has 3 rings (SSSR count). The van der Waals surface area contributed by atoms with Crippen molar-refractivity contribution in [3.63, 3.8) is 0 Å². The number of rotatable bonds is 2. The Bertz CT molecular complexity index is 593. The molecule has 1 aromatic heterocycles. The van der Waals surface area contributed by atoms with Crippen molar-refractivity contribution in [3.05, 3.63) is 36.0 Å². The number of hydrogen-bond acceptors (Lipinski definition) is 3. The first-order valence-corrected chi connectivity index (χ1v) is 5.98. The molecule has 1 fully saturated rings. The van der Waals surface area contributed by atoms with Crippen LogP contribution in [0, 0.1) is 5.92 Å². The number of aliphatic carboxylic acids is 1. The Balaban J connectivity index is 2.06. The van der Waals surface area contributed by atoms with E-state index in [1.807, 2.05) is 37.4 Å². The second kappa shape index (κ2) is 4.12. The fourth-order valence-corrected chi connectivity index (χ4v) is 2.67. The zero-order valence-corrected chi connectivity index (χ0v) is 9.97. The van der Waals surface area contributed by atoms with Gasteiger partial charge in [0.25, 0.3) is 0 Å². The van der Waals surface area contributed by atoms with Crippen molar-refractivity contribution in [2.24, 2.45) is 5.92 Å². The van der Waals surface area contributed by atoms with Crippen molar-refractivity contribution in [3.8, 4) is 0 Å². The van der Waals surface area contributed by atoms with Gasteiger partial charge in [0.1, 0.15) is 0 Å². The summed E-state index contributed by atoms with van der Waals surface area (Å²) in [6, 6.07) is 7.60. The second-order valence-electron chi connectivity index (χ2n) is 4.71. The molecule has 0 bridgehead atoms. The van der Waals surface area contributed by atoms with Gasteiger partial charge in [-0.1, -0.05) is 18.2 Å². The summed E-state index contributed by atoms with van der Waals surface area (Å²) in [5.41, 5.74) is 8.11. The molecule has 0 amide bonds. The highest BCUT2D eigenvalue weighted by molar-refractivity contribution is 5.85. The van der Waals surface area contributed by atoms with Crippen molar-refractivity contribution in [2.45, 2.75) is 19.0 Å². The number of hydrazine groups is 1. The van der Waals surface area contributed by atoms with E-state index in [-0.39, 0.29) is 12.1 Å². The molecule has 1 aliphatic heterocycles. The van der Waals surface area contributed by atoms with Gasteiger partial charge in [-0.15, -0.1) is 0 Å². The lowest BCUT2D eigenvalue weighted by atomic mass is 9.90. The van der Waals surface area contributed by atoms with E-state index in [2.05, 4.69) is 15.8 Å². The minimum atomic E-state index is -0.782. The number of carboxylic acids is 1. The van der Waals surface area contributed by atoms with Crippen LogP contribution in [0.1, 0.15) is 18.5 Å². The van der Waals surface area contributed by atoms with Gasteiger partial charge in [-0.05, 0) is 18.6 Å². The predicted octanol–water partition coefficient (Wildman–Crippen LogP) is 1.41. The van der Waals surface area contributed by atoms with E-state index in [0.29, 0.717) is 0 Å². The lowest BCUT2D eigenvalue weighted by Crippen LogP contribution is -2.30. The lowest BCUT2D eigenvalue weighted by Gasteiger charge is -2.16.